The second kappa shape index (κ2) is 6.52. The topological polar surface area (TPSA) is 78.4 Å². The lowest BCUT2D eigenvalue weighted by atomic mass is 10.1. The SMILES string of the molecule is CCc1cccc(C)c1NC(=O)C(=O)NC(C)(C)CO. The highest BCUT2D eigenvalue weighted by molar-refractivity contribution is 6.40. The molecule has 1 aromatic carbocycles. The van der Waals surface area contributed by atoms with Gasteiger partial charge in [-0.15, -0.1) is 0 Å². The van der Waals surface area contributed by atoms with Crippen molar-refractivity contribution >= 4 is 17.5 Å². The third kappa shape index (κ3) is 4.06. The van der Waals surface area contributed by atoms with E-state index in [9.17, 15) is 9.59 Å². The van der Waals surface area contributed by atoms with Gasteiger partial charge in [-0.2, -0.15) is 0 Å². The maximum atomic E-state index is 11.9. The molecule has 0 aliphatic heterocycles. The van der Waals surface area contributed by atoms with Crippen molar-refractivity contribution in [2.24, 2.45) is 0 Å². The summed E-state index contributed by atoms with van der Waals surface area (Å²) in [5.74, 6) is -1.48. The van der Waals surface area contributed by atoms with E-state index in [1.807, 2.05) is 32.0 Å². The molecule has 0 atom stereocenters. The summed E-state index contributed by atoms with van der Waals surface area (Å²) in [6, 6.07) is 5.71. The normalized spacial score (nSPS) is 11.1. The van der Waals surface area contributed by atoms with Gasteiger partial charge in [0.2, 0.25) is 0 Å². The first-order valence-electron chi connectivity index (χ1n) is 6.63. The molecule has 0 aromatic heterocycles. The number of rotatable bonds is 4. The van der Waals surface area contributed by atoms with Crippen LogP contribution in [0.2, 0.25) is 0 Å². The zero-order chi connectivity index (χ0) is 15.3. The first kappa shape index (κ1) is 16.2. The highest BCUT2D eigenvalue weighted by atomic mass is 16.3. The third-order valence-electron chi connectivity index (χ3n) is 3.03. The Labute approximate surface area is 119 Å². The Morgan fingerprint density at radius 3 is 2.45 bits per heavy atom. The molecule has 0 fully saturated rings. The number of amides is 2. The second-order valence-corrected chi connectivity index (χ2v) is 5.41. The van der Waals surface area contributed by atoms with Crippen LogP contribution >= 0.6 is 0 Å². The van der Waals surface area contributed by atoms with Gasteiger partial charge in [0.05, 0.1) is 12.1 Å². The number of hydrogen-bond donors (Lipinski definition) is 3. The predicted octanol–water partition coefficient (Wildman–Crippen LogP) is 1.38. The van der Waals surface area contributed by atoms with Gasteiger partial charge in [-0.1, -0.05) is 25.1 Å². The summed E-state index contributed by atoms with van der Waals surface area (Å²) >= 11 is 0. The first-order chi connectivity index (χ1) is 9.30. The van der Waals surface area contributed by atoms with E-state index in [0.717, 1.165) is 17.5 Å². The van der Waals surface area contributed by atoms with E-state index < -0.39 is 17.4 Å². The van der Waals surface area contributed by atoms with Crippen molar-refractivity contribution in [1.29, 1.82) is 0 Å². The van der Waals surface area contributed by atoms with E-state index in [2.05, 4.69) is 10.6 Å². The lowest BCUT2D eigenvalue weighted by molar-refractivity contribution is -0.137. The zero-order valence-electron chi connectivity index (χ0n) is 12.4. The van der Waals surface area contributed by atoms with Crippen molar-refractivity contribution in [3.63, 3.8) is 0 Å². The van der Waals surface area contributed by atoms with E-state index in [1.165, 1.54) is 0 Å². The fraction of sp³-hybridized carbons (Fsp3) is 0.467. The van der Waals surface area contributed by atoms with Crippen LogP contribution in [-0.4, -0.2) is 29.1 Å². The van der Waals surface area contributed by atoms with Gasteiger partial charge in [0.1, 0.15) is 0 Å². The van der Waals surface area contributed by atoms with Gasteiger partial charge in [0.15, 0.2) is 0 Å². The fourth-order valence-electron chi connectivity index (χ4n) is 1.78. The molecule has 20 heavy (non-hydrogen) atoms. The molecule has 0 saturated carbocycles. The van der Waals surface area contributed by atoms with Crippen LogP contribution < -0.4 is 10.6 Å². The van der Waals surface area contributed by atoms with Crippen molar-refractivity contribution in [3.05, 3.63) is 29.3 Å². The van der Waals surface area contributed by atoms with Gasteiger partial charge in [-0.25, -0.2) is 0 Å². The van der Waals surface area contributed by atoms with Gasteiger partial charge >= 0.3 is 11.8 Å². The average molecular weight is 278 g/mol. The molecular weight excluding hydrogens is 256 g/mol. The van der Waals surface area contributed by atoms with Gasteiger partial charge in [-0.05, 0) is 38.3 Å². The molecule has 0 bridgehead atoms. The van der Waals surface area contributed by atoms with Gasteiger partial charge in [0, 0.05) is 5.69 Å². The number of aryl methyl sites for hydroxylation is 2. The lowest BCUT2D eigenvalue weighted by Gasteiger charge is -2.23. The second-order valence-electron chi connectivity index (χ2n) is 5.41. The molecule has 1 rings (SSSR count). The highest BCUT2D eigenvalue weighted by Gasteiger charge is 2.24. The zero-order valence-corrected chi connectivity index (χ0v) is 12.4. The number of carbonyl (C=O) groups excluding carboxylic acids is 2. The van der Waals surface area contributed by atoms with Crippen LogP contribution in [0.4, 0.5) is 5.69 Å². The maximum absolute atomic E-state index is 11.9. The maximum Gasteiger partial charge on any atom is 0.313 e. The Kier molecular flexibility index (Phi) is 5.27. The van der Waals surface area contributed by atoms with Gasteiger partial charge in [-0.3, -0.25) is 9.59 Å². The van der Waals surface area contributed by atoms with Crippen LogP contribution in [0.15, 0.2) is 18.2 Å². The Morgan fingerprint density at radius 1 is 1.25 bits per heavy atom. The number of aliphatic hydroxyl groups excluding tert-OH is 1. The fourth-order valence-corrected chi connectivity index (χ4v) is 1.78. The molecule has 110 valence electrons. The van der Waals surface area contributed by atoms with Crippen LogP contribution in [0.25, 0.3) is 0 Å². The smallest absolute Gasteiger partial charge is 0.313 e. The number of nitrogens with one attached hydrogen (secondary N) is 2. The molecule has 0 saturated heterocycles. The van der Waals surface area contributed by atoms with E-state index >= 15 is 0 Å². The van der Waals surface area contributed by atoms with Crippen LogP contribution in [0, 0.1) is 6.92 Å². The molecule has 0 aliphatic carbocycles. The number of para-hydroxylation sites is 1. The van der Waals surface area contributed by atoms with Crippen molar-refractivity contribution in [2.45, 2.75) is 39.7 Å². The van der Waals surface area contributed by atoms with Crippen molar-refractivity contribution in [1.82, 2.24) is 5.32 Å². The Balaban J connectivity index is 2.84. The summed E-state index contributed by atoms with van der Waals surface area (Å²) in [7, 11) is 0. The van der Waals surface area contributed by atoms with Crippen molar-refractivity contribution < 1.29 is 14.7 Å². The van der Waals surface area contributed by atoms with E-state index in [1.54, 1.807) is 13.8 Å². The Hall–Kier alpha value is -1.88. The molecule has 2 amide bonds. The lowest BCUT2D eigenvalue weighted by Crippen LogP contribution is -2.50. The monoisotopic (exact) mass is 278 g/mol. The number of benzene rings is 1. The summed E-state index contributed by atoms with van der Waals surface area (Å²) in [6.07, 6.45) is 0.765. The summed E-state index contributed by atoms with van der Waals surface area (Å²) in [5, 5.41) is 14.2. The van der Waals surface area contributed by atoms with Crippen LogP contribution in [0.5, 0.6) is 0 Å². The van der Waals surface area contributed by atoms with Gasteiger partial charge < -0.3 is 15.7 Å². The first-order valence-corrected chi connectivity index (χ1v) is 6.63. The van der Waals surface area contributed by atoms with Crippen molar-refractivity contribution in [2.75, 3.05) is 11.9 Å². The van der Waals surface area contributed by atoms with Crippen LogP contribution in [0.3, 0.4) is 0 Å². The minimum Gasteiger partial charge on any atom is -0.394 e. The molecule has 0 aliphatic rings. The quantitative estimate of drug-likeness (QED) is 0.728. The minimum absolute atomic E-state index is 0.239. The summed E-state index contributed by atoms with van der Waals surface area (Å²) in [5.41, 5.74) is 1.74. The molecular formula is C15H22N2O3. The molecule has 0 unspecified atom stereocenters. The number of carbonyl (C=O) groups is 2. The van der Waals surface area contributed by atoms with Crippen molar-refractivity contribution in [3.8, 4) is 0 Å². The van der Waals surface area contributed by atoms with E-state index in [-0.39, 0.29) is 6.61 Å². The molecule has 0 heterocycles. The van der Waals surface area contributed by atoms with Gasteiger partial charge in [0.25, 0.3) is 0 Å². The molecule has 5 nitrogen and oxygen atoms in total. The summed E-state index contributed by atoms with van der Waals surface area (Å²) in [6.45, 7) is 6.91. The molecule has 0 radical (unpaired) electrons. The molecule has 5 heteroatoms. The van der Waals surface area contributed by atoms with Crippen LogP contribution in [-0.2, 0) is 16.0 Å². The molecule has 3 N–H and O–H groups in total. The number of hydrogen-bond acceptors (Lipinski definition) is 3. The summed E-state index contributed by atoms with van der Waals surface area (Å²) < 4.78 is 0. The molecule has 0 spiro atoms. The third-order valence-corrected chi connectivity index (χ3v) is 3.03. The average Bonchev–Trinajstić information content (AvgIpc) is 2.40. The predicted molar refractivity (Wildman–Crippen MR) is 78.5 cm³/mol. The number of aliphatic hydroxyl groups is 1. The Bertz CT molecular complexity index is 510. The largest absolute Gasteiger partial charge is 0.394 e. The van der Waals surface area contributed by atoms with E-state index in [0.29, 0.717) is 5.69 Å². The van der Waals surface area contributed by atoms with E-state index in [4.69, 9.17) is 5.11 Å². The highest BCUT2D eigenvalue weighted by Crippen LogP contribution is 2.20. The minimum atomic E-state index is -0.826. The number of anilines is 1. The standard InChI is InChI=1S/C15H22N2O3/c1-5-11-8-6-7-10(2)12(11)16-13(19)14(20)17-15(3,4)9-18/h6-8,18H,5,9H2,1-4H3,(H,16,19)(H,17,20). The molecule has 1 aromatic rings. The van der Waals surface area contributed by atoms with Crippen LogP contribution in [0.1, 0.15) is 31.9 Å². The Morgan fingerprint density at radius 2 is 1.90 bits per heavy atom. The summed E-state index contributed by atoms with van der Waals surface area (Å²) in [4.78, 5) is 23.7.